The third-order valence-corrected chi connectivity index (χ3v) is 4.35. The van der Waals surface area contributed by atoms with Gasteiger partial charge in [0.15, 0.2) is 0 Å². The molecule has 112 valence electrons. The second kappa shape index (κ2) is 6.42. The Bertz CT molecular complexity index is 526. The summed E-state index contributed by atoms with van der Waals surface area (Å²) in [4.78, 5) is 9.32. The molecule has 0 bridgehead atoms. The lowest BCUT2D eigenvalue weighted by Gasteiger charge is -2.36. The van der Waals surface area contributed by atoms with Crippen LogP contribution >= 0.6 is 0 Å². The number of hydrogen-bond donors (Lipinski definition) is 0. The zero-order chi connectivity index (χ0) is 14.7. The van der Waals surface area contributed by atoms with Gasteiger partial charge in [0.25, 0.3) is 0 Å². The van der Waals surface area contributed by atoms with Gasteiger partial charge in [0.2, 0.25) is 0 Å². The van der Waals surface area contributed by atoms with Crippen LogP contribution in [0.25, 0.3) is 0 Å². The van der Waals surface area contributed by atoms with E-state index in [0.717, 1.165) is 57.4 Å². The largest absolute Gasteiger partial charge is 0.381 e. The Hall–Kier alpha value is -1.64. The molecule has 2 fully saturated rings. The first-order valence-corrected chi connectivity index (χ1v) is 7.69. The van der Waals surface area contributed by atoms with Gasteiger partial charge in [-0.3, -0.25) is 4.90 Å². The van der Waals surface area contributed by atoms with Crippen LogP contribution in [0.4, 0.5) is 5.82 Å². The fourth-order valence-corrected chi connectivity index (χ4v) is 3.11. The summed E-state index contributed by atoms with van der Waals surface area (Å²) in [6, 6.07) is 6.03. The standard InChI is InChI=1S/C16H22N4O/c1-13-2-3-15(10-17)16(18-13)20-7-5-19(6-8-20)11-14-4-9-21-12-14/h2-3,14H,4-9,11-12H2,1H3/t14-/m1/s1. The fraction of sp³-hybridized carbons (Fsp3) is 0.625. The first kappa shape index (κ1) is 14.3. The normalized spacial score (nSPS) is 23.2. The third kappa shape index (κ3) is 3.34. The van der Waals surface area contributed by atoms with Crippen LogP contribution in [0.2, 0.25) is 0 Å². The van der Waals surface area contributed by atoms with Crippen molar-refractivity contribution in [2.24, 2.45) is 5.92 Å². The zero-order valence-corrected chi connectivity index (χ0v) is 12.6. The highest BCUT2D eigenvalue weighted by molar-refractivity contribution is 5.54. The van der Waals surface area contributed by atoms with Crippen LogP contribution in [0.1, 0.15) is 17.7 Å². The molecule has 0 radical (unpaired) electrons. The minimum atomic E-state index is 0.679. The van der Waals surface area contributed by atoms with E-state index in [9.17, 15) is 5.26 Å². The molecular formula is C16H22N4O. The predicted molar refractivity (Wildman–Crippen MR) is 81.3 cm³/mol. The number of aryl methyl sites for hydroxylation is 1. The quantitative estimate of drug-likeness (QED) is 0.841. The van der Waals surface area contributed by atoms with Crippen molar-refractivity contribution in [3.8, 4) is 6.07 Å². The molecule has 5 heteroatoms. The highest BCUT2D eigenvalue weighted by Crippen LogP contribution is 2.21. The third-order valence-electron chi connectivity index (χ3n) is 4.35. The summed E-state index contributed by atoms with van der Waals surface area (Å²) in [6.45, 7) is 8.91. The van der Waals surface area contributed by atoms with Crippen LogP contribution in [-0.2, 0) is 4.74 Å². The Balaban J connectivity index is 1.60. The van der Waals surface area contributed by atoms with E-state index in [0.29, 0.717) is 11.5 Å². The monoisotopic (exact) mass is 286 g/mol. The summed E-state index contributed by atoms with van der Waals surface area (Å²) in [5.41, 5.74) is 1.65. The molecule has 0 spiro atoms. The van der Waals surface area contributed by atoms with Crippen molar-refractivity contribution in [2.45, 2.75) is 13.3 Å². The molecule has 1 atom stereocenters. The molecule has 0 aliphatic carbocycles. The Morgan fingerprint density at radius 1 is 1.33 bits per heavy atom. The van der Waals surface area contributed by atoms with Gasteiger partial charge in [-0.2, -0.15) is 5.26 Å². The van der Waals surface area contributed by atoms with Gasteiger partial charge in [0, 0.05) is 45.0 Å². The summed E-state index contributed by atoms with van der Waals surface area (Å²) in [7, 11) is 0. The first-order valence-electron chi connectivity index (χ1n) is 7.69. The van der Waals surface area contributed by atoms with Crippen LogP contribution < -0.4 is 4.90 Å². The molecular weight excluding hydrogens is 264 g/mol. The van der Waals surface area contributed by atoms with Crippen molar-refractivity contribution in [3.63, 3.8) is 0 Å². The first-order chi connectivity index (χ1) is 10.3. The Morgan fingerprint density at radius 2 is 2.14 bits per heavy atom. The van der Waals surface area contributed by atoms with E-state index in [4.69, 9.17) is 4.74 Å². The van der Waals surface area contributed by atoms with E-state index in [2.05, 4.69) is 20.9 Å². The number of nitrogens with zero attached hydrogens (tertiary/aromatic N) is 4. The van der Waals surface area contributed by atoms with Crippen molar-refractivity contribution >= 4 is 5.82 Å². The van der Waals surface area contributed by atoms with E-state index in [1.165, 1.54) is 6.42 Å². The molecule has 0 unspecified atom stereocenters. The summed E-state index contributed by atoms with van der Waals surface area (Å²) in [5, 5.41) is 9.24. The lowest BCUT2D eigenvalue weighted by Crippen LogP contribution is -2.48. The molecule has 5 nitrogen and oxygen atoms in total. The number of aromatic nitrogens is 1. The van der Waals surface area contributed by atoms with Crippen molar-refractivity contribution in [2.75, 3.05) is 50.8 Å². The maximum Gasteiger partial charge on any atom is 0.146 e. The minimum Gasteiger partial charge on any atom is -0.381 e. The highest BCUT2D eigenvalue weighted by Gasteiger charge is 2.24. The van der Waals surface area contributed by atoms with Gasteiger partial charge in [0.05, 0.1) is 12.2 Å². The summed E-state index contributed by atoms with van der Waals surface area (Å²) in [5.74, 6) is 1.55. The molecule has 0 N–H and O–H groups in total. The molecule has 0 amide bonds. The maximum atomic E-state index is 9.24. The second-order valence-electron chi connectivity index (χ2n) is 5.95. The SMILES string of the molecule is Cc1ccc(C#N)c(N2CCN(C[C@H]3CCOC3)CC2)n1. The fourth-order valence-electron chi connectivity index (χ4n) is 3.11. The molecule has 1 aromatic heterocycles. The molecule has 3 heterocycles. The molecule has 0 aromatic carbocycles. The van der Waals surface area contributed by atoms with E-state index < -0.39 is 0 Å². The van der Waals surface area contributed by atoms with Gasteiger partial charge in [-0.05, 0) is 31.4 Å². The van der Waals surface area contributed by atoms with Crippen molar-refractivity contribution < 1.29 is 4.74 Å². The lowest BCUT2D eigenvalue weighted by molar-refractivity contribution is 0.164. The van der Waals surface area contributed by atoms with E-state index in [1.54, 1.807) is 0 Å². The maximum absolute atomic E-state index is 9.24. The average molecular weight is 286 g/mol. The highest BCUT2D eigenvalue weighted by atomic mass is 16.5. The molecule has 0 saturated carbocycles. The summed E-state index contributed by atoms with van der Waals surface area (Å²) >= 11 is 0. The smallest absolute Gasteiger partial charge is 0.146 e. The van der Waals surface area contributed by atoms with Gasteiger partial charge < -0.3 is 9.64 Å². The number of nitriles is 1. The minimum absolute atomic E-state index is 0.679. The van der Waals surface area contributed by atoms with Crippen molar-refractivity contribution in [1.82, 2.24) is 9.88 Å². The van der Waals surface area contributed by atoms with Crippen LogP contribution in [0.15, 0.2) is 12.1 Å². The summed E-state index contributed by atoms with van der Waals surface area (Å²) < 4.78 is 5.45. The molecule has 21 heavy (non-hydrogen) atoms. The number of ether oxygens (including phenoxy) is 1. The number of pyridine rings is 1. The Kier molecular flexibility index (Phi) is 4.37. The molecule has 3 rings (SSSR count). The van der Waals surface area contributed by atoms with Gasteiger partial charge in [-0.1, -0.05) is 0 Å². The second-order valence-corrected chi connectivity index (χ2v) is 5.95. The number of rotatable bonds is 3. The van der Waals surface area contributed by atoms with Crippen molar-refractivity contribution in [1.29, 1.82) is 5.26 Å². The Morgan fingerprint density at radius 3 is 2.81 bits per heavy atom. The van der Waals surface area contributed by atoms with Gasteiger partial charge in [0.1, 0.15) is 11.9 Å². The zero-order valence-electron chi connectivity index (χ0n) is 12.6. The van der Waals surface area contributed by atoms with Gasteiger partial charge >= 0.3 is 0 Å². The molecule has 2 saturated heterocycles. The Labute approximate surface area is 126 Å². The van der Waals surface area contributed by atoms with Crippen LogP contribution in [0.3, 0.4) is 0 Å². The molecule has 2 aliphatic rings. The topological polar surface area (TPSA) is 52.4 Å². The predicted octanol–water partition coefficient (Wildman–Crippen LogP) is 1.42. The van der Waals surface area contributed by atoms with E-state index in [-0.39, 0.29) is 0 Å². The van der Waals surface area contributed by atoms with Crippen LogP contribution in [-0.4, -0.2) is 55.8 Å². The average Bonchev–Trinajstić information content (AvgIpc) is 3.01. The van der Waals surface area contributed by atoms with E-state index >= 15 is 0 Å². The van der Waals surface area contributed by atoms with Crippen molar-refractivity contribution in [3.05, 3.63) is 23.4 Å². The molecule has 1 aromatic rings. The lowest BCUT2D eigenvalue weighted by atomic mass is 10.1. The number of anilines is 1. The van der Waals surface area contributed by atoms with E-state index in [1.807, 2.05) is 19.1 Å². The van der Waals surface area contributed by atoms with Crippen LogP contribution in [0, 0.1) is 24.2 Å². The van der Waals surface area contributed by atoms with Crippen LogP contribution in [0.5, 0.6) is 0 Å². The number of piperazine rings is 1. The molecule has 2 aliphatic heterocycles. The number of hydrogen-bond acceptors (Lipinski definition) is 5. The summed E-state index contributed by atoms with van der Waals surface area (Å²) in [6.07, 6.45) is 1.19. The van der Waals surface area contributed by atoms with Gasteiger partial charge in [-0.25, -0.2) is 4.98 Å². The van der Waals surface area contributed by atoms with Gasteiger partial charge in [-0.15, -0.1) is 0 Å².